The molecule has 0 aromatic heterocycles. The van der Waals surface area contributed by atoms with E-state index in [1.165, 1.54) is 19.3 Å². The molecular weight excluding hydrogens is 176 g/mol. The lowest BCUT2D eigenvalue weighted by molar-refractivity contribution is -0.235. The van der Waals surface area contributed by atoms with E-state index in [1.807, 2.05) is 0 Å². The van der Waals surface area contributed by atoms with Crippen LogP contribution in [0.3, 0.4) is 0 Å². The topological polar surface area (TPSA) is 18.5 Å². The van der Waals surface area contributed by atoms with Crippen LogP contribution in [0, 0.1) is 23.7 Å². The quantitative estimate of drug-likeness (QED) is 0.495. The molecule has 0 spiro atoms. The summed E-state index contributed by atoms with van der Waals surface area (Å²) in [5, 5.41) is 0. The summed E-state index contributed by atoms with van der Waals surface area (Å²) in [5.74, 6) is 2.36. The van der Waals surface area contributed by atoms with Gasteiger partial charge in [0.05, 0.1) is 0 Å². The van der Waals surface area contributed by atoms with Gasteiger partial charge in [0.2, 0.25) is 0 Å². The highest BCUT2D eigenvalue weighted by atomic mass is 16.7. The number of fused-ring (bicyclic) bond motifs is 5. The fourth-order valence-corrected chi connectivity index (χ4v) is 4.15. The van der Waals surface area contributed by atoms with E-state index in [0.717, 1.165) is 11.8 Å². The van der Waals surface area contributed by atoms with Crippen LogP contribution in [0.2, 0.25) is 0 Å². The molecule has 2 nitrogen and oxygen atoms in total. The van der Waals surface area contributed by atoms with Crippen molar-refractivity contribution < 1.29 is 9.47 Å². The first-order valence-corrected chi connectivity index (χ1v) is 5.62. The molecule has 3 aliphatic rings. The zero-order valence-electron chi connectivity index (χ0n) is 8.90. The van der Waals surface area contributed by atoms with Crippen molar-refractivity contribution in [3.63, 3.8) is 0 Å². The van der Waals surface area contributed by atoms with Gasteiger partial charge in [-0.15, -0.1) is 0 Å². The zero-order chi connectivity index (χ0) is 9.76. The molecule has 2 saturated carbocycles. The fraction of sp³-hybridized carbons (Fsp3) is 0.833. The molecule has 4 atom stereocenters. The first-order chi connectivity index (χ1) is 6.83. The lowest BCUT2D eigenvalue weighted by atomic mass is 9.86. The van der Waals surface area contributed by atoms with Crippen LogP contribution >= 0.6 is 0 Å². The van der Waals surface area contributed by atoms with Gasteiger partial charge in [-0.1, -0.05) is 18.6 Å². The normalized spacial score (nSPS) is 47.3. The van der Waals surface area contributed by atoms with Gasteiger partial charge in [-0.25, -0.2) is 0 Å². The highest BCUT2D eigenvalue weighted by molar-refractivity contribution is 5.23. The van der Waals surface area contributed by atoms with Gasteiger partial charge in [-0.05, 0) is 24.7 Å². The Labute approximate surface area is 85.3 Å². The summed E-state index contributed by atoms with van der Waals surface area (Å²) < 4.78 is 11.4. The highest BCUT2D eigenvalue weighted by Crippen LogP contribution is 2.61. The van der Waals surface area contributed by atoms with Crippen LogP contribution in [0.15, 0.2) is 12.2 Å². The molecule has 4 unspecified atom stereocenters. The third-order valence-corrected chi connectivity index (χ3v) is 4.64. The SMILES string of the molecule is COC1(OC)C2C=CC1C1CCCC12. The maximum Gasteiger partial charge on any atom is 0.180 e. The molecule has 0 amide bonds. The molecule has 0 N–H and O–H groups in total. The highest BCUT2D eigenvalue weighted by Gasteiger charge is 2.63. The van der Waals surface area contributed by atoms with Crippen molar-refractivity contribution in [2.75, 3.05) is 14.2 Å². The van der Waals surface area contributed by atoms with Crippen molar-refractivity contribution in [3.8, 4) is 0 Å². The van der Waals surface area contributed by atoms with E-state index in [4.69, 9.17) is 9.47 Å². The first-order valence-electron chi connectivity index (χ1n) is 5.62. The largest absolute Gasteiger partial charge is 0.352 e. The van der Waals surface area contributed by atoms with Crippen LogP contribution in [0.25, 0.3) is 0 Å². The van der Waals surface area contributed by atoms with Crippen LogP contribution in [-0.2, 0) is 9.47 Å². The number of hydrogen-bond donors (Lipinski definition) is 0. The summed E-state index contributed by atoms with van der Waals surface area (Å²) in [4.78, 5) is 0. The average Bonchev–Trinajstić information content (AvgIpc) is 2.87. The lowest BCUT2D eigenvalue weighted by Crippen LogP contribution is -2.41. The molecule has 3 aliphatic carbocycles. The van der Waals surface area contributed by atoms with Crippen molar-refractivity contribution in [1.29, 1.82) is 0 Å². The van der Waals surface area contributed by atoms with Crippen molar-refractivity contribution in [2.24, 2.45) is 23.7 Å². The molecule has 2 fully saturated rings. The zero-order valence-corrected chi connectivity index (χ0v) is 8.90. The van der Waals surface area contributed by atoms with Gasteiger partial charge in [0.1, 0.15) is 0 Å². The molecule has 78 valence electrons. The van der Waals surface area contributed by atoms with Gasteiger partial charge in [0, 0.05) is 26.1 Å². The smallest absolute Gasteiger partial charge is 0.180 e. The van der Waals surface area contributed by atoms with Crippen LogP contribution in [0.4, 0.5) is 0 Å². The van der Waals surface area contributed by atoms with Gasteiger partial charge in [-0.3, -0.25) is 0 Å². The van der Waals surface area contributed by atoms with Crippen molar-refractivity contribution in [2.45, 2.75) is 25.0 Å². The number of rotatable bonds is 2. The first kappa shape index (κ1) is 8.93. The minimum atomic E-state index is -0.310. The summed E-state index contributed by atoms with van der Waals surface area (Å²) in [6.07, 6.45) is 8.77. The predicted octanol–water partition coefficient (Wildman–Crippen LogP) is 2.21. The molecule has 0 aliphatic heterocycles. The maximum atomic E-state index is 5.69. The predicted molar refractivity (Wildman–Crippen MR) is 53.7 cm³/mol. The fourth-order valence-electron chi connectivity index (χ4n) is 4.15. The molecule has 0 aromatic carbocycles. The molecular formula is C12H18O2. The van der Waals surface area contributed by atoms with Crippen molar-refractivity contribution >= 4 is 0 Å². The van der Waals surface area contributed by atoms with Gasteiger partial charge in [0.25, 0.3) is 0 Å². The Morgan fingerprint density at radius 3 is 1.93 bits per heavy atom. The average molecular weight is 194 g/mol. The number of hydrogen-bond acceptors (Lipinski definition) is 2. The van der Waals surface area contributed by atoms with Gasteiger partial charge < -0.3 is 9.47 Å². The third-order valence-electron chi connectivity index (χ3n) is 4.64. The van der Waals surface area contributed by atoms with E-state index in [9.17, 15) is 0 Å². The minimum absolute atomic E-state index is 0.310. The summed E-state index contributed by atoms with van der Waals surface area (Å²) in [6.45, 7) is 0. The minimum Gasteiger partial charge on any atom is -0.352 e. The van der Waals surface area contributed by atoms with Crippen LogP contribution < -0.4 is 0 Å². The molecule has 0 radical (unpaired) electrons. The molecule has 0 saturated heterocycles. The molecule has 2 bridgehead atoms. The standard InChI is InChI=1S/C12H18O2/c1-13-12(14-2)10-6-7-11(12)9-5-3-4-8(9)10/h6-11H,3-5H2,1-2H3. The second kappa shape index (κ2) is 2.83. The van der Waals surface area contributed by atoms with E-state index in [-0.39, 0.29) is 5.79 Å². The van der Waals surface area contributed by atoms with Crippen LogP contribution in [-0.4, -0.2) is 20.0 Å². The molecule has 0 heterocycles. The lowest BCUT2D eigenvalue weighted by Gasteiger charge is -2.33. The Morgan fingerprint density at radius 1 is 1.00 bits per heavy atom. The Morgan fingerprint density at radius 2 is 1.50 bits per heavy atom. The number of methoxy groups -OCH3 is 2. The van der Waals surface area contributed by atoms with E-state index in [1.54, 1.807) is 14.2 Å². The van der Waals surface area contributed by atoms with E-state index in [2.05, 4.69) is 12.2 Å². The Balaban J connectivity index is 1.99. The Hall–Kier alpha value is -0.340. The van der Waals surface area contributed by atoms with Gasteiger partial charge in [0.15, 0.2) is 5.79 Å². The molecule has 0 aromatic rings. The summed E-state index contributed by atoms with van der Waals surface area (Å²) in [6, 6.07) is 0. The summed E-state index contributed by atoms with van der Waals surface area (Å²) in [7, 11) is 3.58. The Kier molecular flexibility index (Phi) is 1.80. The van der Waals surface area contributed by atoms with Gasteiger partial charge >= 0.3 is 0 Å². The van der Waals surface area contributed by atoms with E-state index >= 15 is 0 Å². The second-order valence-corrected chi connectivity index (χ2v) is 4.82. The summed E-state index contributed by atoms with van der Waals surface area (Å²) in [5.41, 5.74) is 0. The van der Waals surface area contributed by atoms with Crippen LogP contribution in [0.5, 0.6) is 0 Å². The number of ether oxygens (including phenoxy) is 2. The van der Waals surface area contributed by atoms with Gasteiger partial charge in [-0.2, -0.15) is 0 Å². The van der Waals surface area contributed by atoms with Crippen LogP contribution in [0.1, 0.15) is 19.3 Å². The van der Waals surface area contributed by atoms with Crippen molar-refractivity contribution in [1.82, 2.24) is 0 Å². The van der Waals surface area contributed by atoms with Crippen molar-refractivity contribution in [3.05, 3.63) is 12.2 Å². The second-order valence-electron chi connectivity index (χ2n) is 4.82. The molecule has 3 rings (SSSR count). The monoisotopic (exact) mass is 194 g/mol. The van der Waals surface area contributed by atoms with E-state index < -0.39 is 0 Å². The summed E-state index contributed by atoms with van der Waals surface area (Å²) >= 11 is 0. The molecule has 2 heteroatoms. The maximum absolute atomic E-state index is 5.69. The Bertz CT molecular complexity index is 245. The third kappa shape index (κ3) is 0.801. The molecule has 14 heavy (non-hydrogen) atoms. The van der Waals surface area contributed by atoms with E-state index in [0.29, 0.717) is 11.8 Å².